The van der Waals surface area contributed by atoms with E-state index in [1.54, 1.807) is 18.2 Å². The zero-order valence-corrected chi connectivity index (χ0v) is 17.8. The summed E-state index contributed by atoms with van der Waals surface area (Å²) >= 11 is 0. The molecule has 1 aromatic heterocycles. The number of carbonyl (C=O) groups excluding carboxylic acids is 1. The van der Waals surface area contributed by atoms with Gasteiger partial charge < -0.3 is 19.8 Å². The van der Waals surface area contributed by atoms with Gasteiger partial charge in [-0.25, -0.2) is 4.98 Å². The molecule has 1 saturated carbocycles. The molecule has 0 bridgehead atoms. The molecule has 2 atom stereocenters. The van der Waals surface area contributed by atoms with Gasteiger partial charge in [0, 0.05) is 23.6 Å². The Morgan fingerprint density at radius 1 is 1.09 bits per heavy atom. The van der Waals surface area contributed by atoms with Crippen molar-refractivity contribution >= 4 is 16.9 Å². The molecular formula is C23H24F3N3O3. The Morgan fingerprint density at radius 2 is 1.81 bits per heavy atom. The van der Waals surface area contributed by atoms with Gasteiger partial charge in [-0.05, 0) is 49.6 Å². The number of fused-ring (bicyclic) bond motifs is 1. The lowest BCUT2D eigenvalue weighted by molar-refractivity contribution is -0.137. The standard InChI is InChI=1S/C23H24F3N3O3/c1-31-17-9-14(10-18(12-17)32-2)22(30)27-16-5-3-4-13(8-16)21-28-19-7-6-15(23(24,25)26)11-20(19)29-21/h6-7,9-13,16H,3-5,8H2,1-2H3,(H,27,30)(H,28,29). The molecule has 1 heterocycles. The van der Waals surface area contributed by atoms with Crippen molar-refractivity contribution in [3.8, 4) is 11.5 Å². The molecule has 9 heteroatoms. The summed E-state index contributed by atoms with van der Waals surface area (Å²) in [5.74, 6) is 1.50. The van der Waals surface area contributed by atoms with E-state index in [1.165, 1.54) is 20.3 Å². The number of nitrogens with zero attached hydrogens (tertiary/aromatic N) is 1. The predicted octanol–water partition coefficient (Wildman–Crippen LogP) is 5.06. The van der Waals surface area contributed by atoms with Gasteiger partial charge in [-0.1, -0.05) is 6.42 Å². The third-order valence-corrected chi connectivity index (χ3v) is 5.84. The van der Waals surface area contributed by atoms with E-state index in [2.05, 4.69) is 15.3 Å². The van der Waals surface area contributed by atoms with E-state index >= 15 is 0 Å². The van der Waals surface area contributed by atoms with Crippen LogP contribution in [0.4, 0.5) is 13.2 Å². The minimum atomic E-state index is -4.40. The number of hydrogen-bond acceptors (Lipinski definition) is 4. The molecule has 2 unspecified atom stereocenters. The fourth-order valence-corrected chi connectivity index (χ4v) is 4.18. The molecule has 2 N–H and O–H groups in total. The van der Waals surface area contributed by atoms with Crippen molar-refractivity contribution in [2.75, 3.05) is 14.2 Å². The third kappa shape index (κ3) is 4.66. The summed E-state index contributed by atoms with van der Waals surface area (Å²) in [5, 5.41) is 3.06. The number of benzene rings is 2. The smallest absolute Gasteiger partial charge is 0.416 e. The van der Waals surface area contributed by atoms with Crippen LogP contribution in [0.2, 0.25) is 0 Å². The average molecular weight is 447 g/mol. The molecule has 170 valence electrons. The molecule has 2 aromatic carbocycles. The van der Waals surface area contributed by atoms with Gasteiger partial charge in [-0.2, -0.15) is 13.2 Å². The highest BCUT2D eigenvalue weighted by atomic mass is 19.4. The van der Waals surface area contributed by atoms with E-state index in [9.17, 15) is 18.0 Å². The monoisotopic (exact) mass is 447 g/mol. The summed E-state index contributed by atoms with van der Waals surface area (Å²) in [6, 6.07) is 8.43. The van der Waals surface area contributed by atoms with Crippen LogP contribution in [0.15, 0.2) is 36.4 Å². The number of ether oxygens (including phenoxy) is 2. The molecule has 1 amide bonds. The molecule has 0 spiro atoms. The quantitative estimate of drug-likeness (QED) is 0.574. The van der Waals surface area contributed by atoms with E-state index in [0.29, 0.717) is 40.3 Å². The summed E-state index contributed by atoms with van der Waals surface area (Å²) in [5.41, 5.74) is 0.599. The highest BCUT2D eigenvalue weighted by Crippen LogP contribution is 2.35. The van der Waals surface area contributed by atoms with E-state index in [4.69, 9.17) is 9.47 Å². The summed E-state index contributed by atoms with van der Waals surface area (Å²) < 4.78 is 49.4. The number of aromatic nitrogens is 2. The van der Waals surface area contributed by atoms with Crippen LogP contribution in [0.5, 0.6) is 11.5 Å². The first kappa shape index (κ1) is 22.0. The summed E-state index contributed by atoms with van der Waals surface area (Å²) in [7, 11) is 3.04. The second-order valence-electron chi connectivity index (χ2n) is 7.99. The number of halogens is 3. The maximum absolute atomic E-state index is 13.0. The third-order valence-electron chi connectivity index (χ3n) is 5.84. The largest absolute Gasteiger partial charge is 0.497 e. The highest BCUT2D eigenvalue weighted by Gasteiger charge is 2.31. The number of alkyl halides is 3. The van der Waals surface area contributed by atoms with Crippen LogP contribution >= 0.6 is 0 Å². The first-order valence-corrected chi connectivity index (χ1v) is 10.4. The lowest BCUT2D eigenvalue weighted by Gasteiger charge is -2.28. The molecule has 4 rings (SSSR count). The minimum Gasteiger partial charge on any atom is -0.497 e. The van der Waals surface area contributed by atoms with E-state index < -0.39 is 11.7 Å². The van der Waals surface area contributed by atoms with Crippen molar-refractivity contribution in [1.29, 1.82) is 0 Å². The van der Waals surface area contributed by atoms with Crippen molar-refractivity contribution in [3.05, 3.63) is 53.3 Å². The van der Waals surface area contributed by atoms with Gasteiger partial charge in [0.15, 0.2) is 0 Å². The normalized spacial score (nSPS) is 19.0. The number of rotatable bonds is 5. The molecule has 32 heavy (non-hydrogen) atoms. The summed E-state index contributed by atoms with van der Waals surface area (Å²) in [6.45, 7) is 0. The van der Waals surface area contributed by atoms with Crippen LogP contribution in [-0.2, 0) is 6.18 Å². The van der Waals surface area contributed by atoms with Crippen LogP contribution in [-0.4, -0.2) is 36.1 Å². The van der Waals surface area contributed by atoms with Crippen molar-refractivity contribution < 1.29 is 27.4 Å². The topological polar surface area (TPSA) is 76.2 Å². The van der Waals surface area contributed by atoms with Crippen molar-refractivity contribution in [1.82, 2.24) is 15.3 Å². The van der Waals surface area contributed by atoms with Gasteiger partial charge >= 0.3 is 6.18 Å². The Hall–Kier alpha value is -3.23. The fourth-order valence-electron chi connectivity index (χ4n) is 4.18. The average Bonchev–Trinajstić information content (AvgIpc) is 3.22. The molecular weight excluding hydrogens is 423 g/mol. The molecule has 1 aliphatic rings. The summed E-state index contributed by atoms with van der Waals surface area (Å²) in [6.07, 6.45) is -1.20. The van der Waals surface area contributed by atoms with E-state index in [-0.39, 0.29) is 17.9 Å². The molecule has 3 aromatic rings. The number of nitrogens with one attached hydrogen (secondary N) is 2. The number of aromatic amines is 1. The Labute approximate surface area is 183 Å². The minimum absolute atomic E-state index is 0.0237. The lowest BCUT2D eigenvalue weighted by atomic mass is 9.85. The van der Waals surface area contributed by atoms with Crippen molar-refractivity contribution in [2.24, 2.45) is 0 Å². The Kier molecular flexibility index (Phi) is 5.99. The van der Waals surface area contributed by atoms with Crippen molar-refractivity contribution in [3.63, 3.8) is 0 Å². The number of hydrogen-bond donors (Lipinski definition) is 2. The molecule has 1 aliphatic carbocycles. The predicted molar refractivity (Wildman–Crippen MR) is 113 cm³/mol. The first-order valence-electron chi connectivity index (χ1n) is 10.4. The second-order valence-corrected chi connectivity index (χ2v) is 7.99. The highest BCUT2D eigenvalue weighted by molar-refractivity contribution is 5.95. The lowest BCUT2D eigenvalue weighted by Crippen LogP contribution is -2.38. The van der Waals surface area contributed by atoms with E-state index in [0.717, 1.165) is 31.4 Å². The van der Waals surface area contributed by atoms with Crippen LogP contribution in [0.3, 0.4) is 0 Å². The van der Waals surface area contributed by atoms with Crippen LogP contribution in [0.25, 0.3) is 11.0 Å². The van der Waals surface area contributed by atoms with E-state index in [1.807, 2.05) is 0 Å². The van der Waals surface area contributed by atoms with Crippen LogP contribution in [0, 0.1) is 0 Å². The molecule has 0 radical (unpaired) electrons. The zero-order valence-electron chi connectivity index (χ0n) is 17.8. The van der Waals surface area contributed by atoms with Crippen molar-refractivity contribution in [2.45, 2.75) is 43.8 Å². The van der Waals surface area contributed by atoms with Crippen LogP contribution in [0.1, 0.15) is 53.3 Å². The maximum atomic E-state index is 13.0. The maximum Gasteiger partial charge on any atom is 0.416 e. The number of carbonyl (C=O) groups is 1. The Balaban J connectivity index is 1.48. The Morgan fingerprint density at radius 3 is 2.47 bits per heavy atom. The number of amides is 1. The second kappa shape index (κ2) is 8.72. The van der Waals surface area contributed by atoms with Gasteiger partial charge in [0.2, 0.25) is 0 Å². The molecule has 1 fully saturated rings. The first-order chi connectivity index (χ1) is 15.3. The van der Waals surface area contributed by atoms with Gasteiger partial charge in [0.05, 0.1) is 30.8 Å². The van der Waals surface area contributed by atoms with Gasteiger partial charge in [0.25, 0.3) is 5.91 Å². The zero-order chi connectivity index (χ0) is 22.9. The van der Waals surface area contributed by atoms with Gasteiger partial charge in [-0.3, -0.25) is 4.79 Å². The fraction of sp³-hybridized carbons (Fsp3) is 0.391. The molecule has 6 nitrogen and oxygen atoms in total. The van der Waals surface area contributed by atoms with Crippen LogP contribution < -0.4 is 14.8 Å². The molecule has 0 saturated heterocycles. The van der Waals surface area contributed by atoms with Gasteiger partial charge in [-0.15, -0.1) is 0 Å². The SMILES string of the molecule is COc1cc(OC)cc(C(=O)NC2CCCC(c3nc4ccc(C(F)(F)F)cc4[nH]3)C2)c1. The number of H-pyrrole nitrogens is 1. The number of methoxy groups -OCH3 is 2. The summed E-state index contributed by atoms with van der Waals surface area (Å²) in [4.78, 5) is 20.4. The van der Waals surface area contributed by atoms with Gasteiger partial charge in [0.1, 0.15) is 17.3 Å². The molecule has 0 aliphatic heterocycles. The number of imidazole rings is 1. The Bertz CT molecular complexity index is 1100.